The van der Waals surface area contributed by atoms with Crippen molar-refractivity contribution < 1.29 is 37.0 Å². The van der Waals surface area contributed by atoms with Crippen molar-refractivity contribution in [2.24, 2.45) is 5.92 Å². The molecule has 1 fully saturated rings. The first kappa shape index (κ1) is 24.9. The lowest BCUT2D eigenvalue weighted by molar-refractivity contribution is -0.144. The Morgan fingerprint density at radius 1 is 1.03 bits per heavy atom. The fraction of sp³-hybridized carbons (Fsp3) is 0.348. The summed E-state index contributed by atoms with van der Waals surface area (Å²) in [6.45, 7) is 0.706. The number of alkyl halides is 3. The van der Waals surface area contributed by atoms with E-state index in [0.29, 0.717) is 6.54 Å². The van der Waals surface area contributed by atoms with E-state index in [9.17, 15) is 27.6 Å². The number of piperidine rings is 1. The average molecular weight is 451 g/mol. The van der Waals surface area contributed by atoms with E-state index in [0.717, 1.165) is 17.7 Å². The van der Waals surface area contributed by atoms with E-state index in [1.54, 1.807) is 6.07 Å². The van der Waals surface area contributed by atoms with Gasteiger partial charge in [0, 0.05) is 25.4 Å². The number of Topliss-reactive ketones (excluding diaryl/α,β-unsaturated/α-hetero) is 1. The van der Waals surface area contributed by atoms with E-state index in [1.807, 2.05) is 30.3 Å². The lowest BCUT2D eigenvalue weighted by Crippen LogP contribution is -2.45. The third-order valence-electron chi connectivity index (χ3n) is 4.73. The molecule has 0 unspecified atom stereocenters. The molecule has 3 rings (SSSR count). The number of nitrogens with zero attached hydrogens (tertiary/aromatic N) is 1. The lowest BCUT2D eigenvalue weighted by atomic mass is 9.93. The predicted octanol–water partition coefficient (Wildman–Crippen LogP) is 4.48. The molecule has 172 valence electrons. The number of hydrogen-bond donors (Lipinski definition) is 0. The smallest absolute Gasteiger partial charge is 0.416 e. The number of carbonyl (C=O) groups is 3. The number of methoxy groups -OCH3 is 1. The SMILES string of the molecule is COC(=O)C[C@H]1CN(C(=O)OCc2ccccc2)CCC1=O.FC(F)(F)c1ccccc1. The van der Waals surface area contributed by atoms with Crippen molar-refractivity contribution in [2.75, 3.05) is 20.2 Å². The number of ether oxygens (including phenoxy) is 2. The lowest BCUT2D eigenvalue weighted by Gasteiger charge is -2.30. The summed E-state index contributed by atoms with van der Waals surface area (Å²) in [5.41, 5.74) is 0.296. The van der Waals surface area contributed by atoms with Crippen LogP contribution in [0.25, 0.3) is 0 Å². The summed E-state index contributed by atoms with van der Waals surface area (Å²) in [6.07, 6.45) is -4.44. The Labute approximate surface area is 183 Å². The summed E-state index contributed by atoms with van der Waals surface area (Å²) >= 11 is 0. The van der Waals surface area contributed by atoms with Crippen LogP contribution in [0.5, 0.6) is 0 Å². The largest absolute Gasteiger partial charge is 0.469 e. The Morgan fingerprint density at radius 2 is 1.62 bits per heavy atom. The number of rotatable bonds is 4. The highest BCUT2D eigenvalue weighted by atomic mass is 19.4. The van der Waals surface area contributed by atoms with Gasteiger partial charge in [0.1, 0.15) is 12.4 Å². The Hall–Kier alpha value is -3.36. The standard InChI is InChI=1S/C16H19NO5.C7H5F3/c1-21-15(19)9-13-10-17(8-7-14(13)18)16(20)22-11-12-5-3-2-4-6-12;8-7(9,10)6-4-2-1-3-5-6/h2-6,13H,7-11H2,1H3;1-5H/t13-;/m0./s1. The van der Waals surface area contributed by atoms with Gasteiger partial charge in [0.05, 0.1) is 19.1 Å². The fourth-order valence-electron chi connectivity index (χ4n) is 2.97. The van der Waals surface area contributed by atoms with Crippen LogP contribution in [0.2, 0.25) is 0 Å². The molecular weight excluding hydrogens is 427 g/mol. The van der Waals surface area contributed by atoms with Crippen LogP contribution in [0, 0.1) is 5.92 Å². The number of halogens is 3. The number of likely N-dealkylation sites (tertiary alicyclic amines) is 1. The molecule has 0 radical (unpaired) electrons. The van der Waals surface area contributed by atoms with Gasteiger partial charge < -0.3 is 14.4 Å². The number of hydrogen-bond acceptors (Lipinski definition) is 5. The van der Waals surface area contributed by atoms with Crippen molar-refractivity contribution in [1.29, 1.82) is 0 Å². The summed E-state index contributed by atoms with van der Waals surface area (Å²) in [5, 5.41) is 0. The monoisotopic (exact) mass is 451 g/mol. The Balaban J connectivity index is 0.000000303. The zero-order chi connectivity index (χ0) is 23.6. The summed E-state index contributed by atoms with van der Waals surface area (Å²) in [5.74, 6) is -0.971. The highest BCUT2D eigenvalue weighted by Gasteiger charge is 2.32. The summed E-state index contributed by atoms with van der Waals surface area (Å²) < 4.78 is 45.2. The first-order valence-corrected chi connectivity index (χ1v) is 9.88. The van der Waals surface area contributed by atoms with Crippen LogP contribution in [-0.2, 0) is 31.8 Å². The molecule has 0 spiro atoms. The summed E-state index contributed by atoms with van der Waals surface area (Å²) in [7, 11) is 1.28. The van der Waals surface area contributed by atoms with Gasteiger partial charge in [-0.15, -0.1) is 0 Å². The second-order valence-corrected chi connectivity index (χ2v) is 7.04. The first-order chi connectivity index (χ1) is 15.2. The molecule has 1 saturated heterocycles. The highest BCUT2D eigenvalue weighted by molar-refractivity contribution is 5.87. The molecule has 32 heavy (non-hydrogen) atoms. The van der Waals surface area contributed by atoms with Gasteiger partial charge in [-0.3, -0.25) is 9.59 Å². The maximum atomic E-state index is 12.1. The van der Waals surface area contributed by atoms with E-state index < -0.39 is 29.7 Å². The molecule has 1 atom stereocenters. The molecule has 0 aromatic heterocycles. The number of benzene rings is 2. The first-order valence-electron chi connectivity index (χ1n) is 9.88. The van der Waals surface area contributed by atoms with Gasteiger partial charge in [-0.2, -0.15) is 13.2 Å². The summed E-state index contributed by atoms with van der Waals surface area (Å²) in [4.78, 5) is 36.6. The van der Waals surface area contributed by atoms with Gasteiger partial charge in [0.25, 0.3) is 0 Å². The van der Waals surface area contributed by atoms with Gasteiger partial charge in [0.2, 0.25) is 0 Å². The molecule has 1 heterocycles. The van der Waals surface area contributed by atoms with Crippen molar-refractivity contribution in [2.45, 2.75) is 25.6 Å². The van der Waals surface area contributed by atoms with Crippen molar-refractivity contribution in [3.05, 3.63) is 71.8 Å². The van der Waals surface area contributed by atoms with Gasteiger partial charge >= 0.3 is 18.2 Å². The van der Waals surface area contributed by atoms with Crippen LogP contribution in [0.4, 0.5) is 18.0 Å². The van der Waals surface area contributed by atoms with Crippen LogP contribution in [0.15, 0.2) is 60.7 Å². The van der Waals surface area contributed by atoms with E-state index in [4.69, 9.17) is 4.74 Å². The normalized spacial score (nSPS) is 15.9. The van der Waals surface area contributed by atoms with E-state index in [2.05, 4.69) is 4.74 Å². The average Bonchev–Trinajstić information content (AvgIpc) is 2.80. The molecule has 0 bridgehead atoms. The number of carbonyl (C=O) groups excluding carboxylic acids is 3. The second kappa shape index (κ2) is 11.9. The molecule has 9 heteroatoms. The Kier molecular flexibility index (Phi) is 9.24. The number of ketones is 1. The number of amides is 1. The minimum absolute atomic E-state index is 0.00218. The Morgan fingerprint density at radius 3 is 2.16 bits per heavy atom. The van der Waals surface area contributed by atoms with Crippen LogP contribution in [-0.4, -0.2) is 42.9 Å². The predicted molar refractivity (Wildman–Crippen MR) is 109 cm³/mol. The third kappa shape index (κ3) is 8.05. The Bertz CT molecular complexity index is 888. The van der Waals surface area contributed by atoms with Gasteiger partial charge in [-0.05, 0) is 5.56 Å². The van der Waals surface area contributed by atoms with Crippen LogP contribution in [0.1, 0.15) is 24.0 Å². The number of esters is 1. The zero-order valence-electron chi connectivity index (χ0n) is 17.5. The van der Waals surface area contributed by atoms with E-state index in [1.165, 1.54) is 24.1 Å². The van der Waals surface area contributed by atoms with Crippen LogP contribution < -0.4 is 0 Å². The molecule has 1 aliphatic heterocycles. The van der Waals surface area contributed by atoms with Crippen molar-refractivity contribution in [1.82, 2.24) is 4.90 Å². The molecule has 1 amide bonds. The molecule has 0 saturated carbocycles. The van der Waals surface area contributed by atoms with E-state index >= 15 is 0 Å². The third-order valence-corrected chi connectivity index (χ3v) is 4.73. The molecule has 1 aliphatic rings. The van der Waals surface area contributed by atoms with Crippen molar-refractivity contribution in [3.63, 3.8) is 0 Å². The van der Waals surface area contributed by atoms with Crippen LogP contribution >= 0.6 is 0 Å². The summed E-state index contributed by atoms with van der Waals surface area (Å²) in [6, 6.07) is 15.7. The van der Waals surface area contributed by atoms with Crippen molar-refractivity contribution >= 4 is 17.8 Å². The van der Waals surface area contributed by atoms with Gasteiger partial charge in [-0.1, -0.05) is 60.7 Å². The molecule has 2 aromatic carbocycles. The minimum Gasteiger partial charge on any atom is -0.469 e. The fourth-order valence-corrected chi connectivity index (χ4v) is 2.97. The molecule has 6 nitrogen and oxygen atoms in total. The molecule has 2 aromatic rings. The quantitative estimate of drug-likeness (QED) is 0.641. The van der Waals surface area contributed by atoms with Gasteiger partial charge in [0.15, 0.2) is 0 Å². The van der Waals surface area contributed by atoms with E-state index in [-0.39, 0.29) is 31.8 Å². The molecular formula is C23H24F3NO5. The van der Waals surface area contributed by atoms with Crippen molar-refractivity contribution in [3.8, 4) is 0 Å². The zero-order valence-corrected chi connectivity index (χ0v) is 17.5. The molecule has 0 aliphatic carbocycles. The minimum atomic E-state index is -4.21. The second-order valence-electron chi connectivity index (χ2n) is 7.04. The van der Waals surface area contributed by atoms with Crippen LogP contribution in [0.3, 0.4) is 0 Å². The molecule has 0 N–H and O–H groups in total. The van der Waals surface area contributed by atoms with Gasteiger partial charge in [-0.25, -0.2) is 4.79 Å². The topological polar surface area (TPSA) is 72.9 Å². The maximum Gasteiger partial charge on any atom is 0.416 e. The maximum absolute atomic E-state index is 12.1. The highest BCUT2D eigenvalue weighted by Crippen LogP contribution is 2.28.